The molecule has 2 heterocycles. The monoisotopic (exact) mass is 179 g/mol. The van der Waals surface area contributed by atoms with Crippen LogP contribution >= 0.6 is 0 Å². The summed E-state index contributed by atoms with van der Waals surface area (Å²) in [5.41, 5.74) is 0.329. The number of aryl methyl sites for hydroxylation is 1. The largest absolute Gasteiger partial charge is 0.489 e. The van der Waals surface area contributed by atoms with Crippen molar-refractivity contribution >= 4 is 5.78 Å². The maximum Gasteiger partial charge on any atom is 0.249 e. The first-order valence-electron chi connectivity index (χ1n) is 4.01. The molecule has 13 heavy (non-hydrogen) atoms. The Labute approximate surface area is 75.0 Å². The number of hydrogen-bond donors (Lipinski definition) is 0. The standard InChI is InChI=1S/C8H9N3O2/c1-11-9-5-6(10-11)8(12)7-3-2-4-13-7/h3,5H,2,4H2,1H3. The zero-order chi connectivity index (χ0) is 9.26. The molecule has 1 aliphatic heterocycles. The third-order valence-corrected chi connectivity index (χ3v) is 1.76. The van der Waals surface area contributed by atoms with E-state index in [0.29, 0.717) is 18.1 Å². The number of ketones is 1. The molecule has 0 fully saturated rings. The van der Waals surface area contributed by atoms with Crippen LogP contribution in [0, 0.1) is 0 Å². The SMILES string of the molecule is Cn1ncc(C(=O)C2=CCCO2)n1. The lowest BCUT2D eigenvalue weighted by molar-refractivity contribution is 0.0937. The van der Waals surface area contributed by atoms with Crippen LogP contribution in [0.3, 0.4) is 0 Å². The van der Waals surface area contributed by atoms with Crippen molar-refractivity contribution in [1.82, 2.24) is 15.0 Å². The number of carbonyl (C=O) groups is 1. The lowest BCUT2D eigenvalue weighted by atomic mass is 10.2. The van der Waals surface area contributed by atoms with Crippen LogP contribution in [-0.4, -0.2) is 27.4 Å². The summed E-state index contributed by atoms with van der Waals surface area (Å²) in [6.07, 6.45) is 4.00. The molecule has 5 nitrogen and oxygen atoms in total. The van der Waals surface area contributed by atoms with Crippen LogP contribution in [0.25, 0.3) is 0 Å². The quantitative estimate of drug-likeness (QED) is 0.613. The third kappa shape index (κ3) is 1.44. The Hall–Kier alpha value is -1.65. The molecule has 0 bridgehead atoms. The Morgan fingerprint density at radius 1 is 1.69 bits per heavy atom. The van der Waals surface area contributed by atoms with Crippen molar-refractivity contribution in [2.75, 3.05) is 6.61 Å². The molecule has 0 saturated heterocycles. The van der Waals surface area contributed by atoms with E-state index in [9.17, 15) is 4.79 Å². The Morgan fingerprint density at radius 3 is 3.08 bits per heavy atom. The number of rotatable bonds is 2. The van der Waals surface area contributed by atoms with Gasteiger partial charge in [0.25, 0.3) is 0 Å². The van der Waals surface area contributed by atoms with Crippen LogP contribution in [0.15, 0.2) is 18.0 Å². The molecule has 68 valence electrons. The van der Waals surface area contributed by atoms with Crippen molar-refractivity contribution in [3.8, 4) is 0 Å². The van der Waals surface area contributed by atoms with Crippen LogP contribution in [0.5, 0.6) is 0 Å². The summed E-state index contributed by atoms with van der Waals surface area (Å²) in [5, 5.41) is 7.70. The first-order valence-corrected chi connectivity index (χ1v) is 4.01. The van der Waals surface area contributed by atoms with Gasteiger partial charge in [0.15, 0.2) is 11.5 Å². The molecule has 0 radical (unpaired) electrons. The van der Waals surface area contributed by atoms with Gasteiger partial charge in [-0.3, -0.25) is 4.79 Å². The van der Waals surface area contributed by atoms with E-state index in [-0.39, 0.29) is 5.78 Å². The Morgan fingerprint density at radius 2 is 2.54 bits per heavy atom. The molecular weight excluding hydrogens is 170 g/mol. The van der Waals surface area contributed by atoms with E-state index in [0.717, 1.165) is 6.42 Å². The lowest BCUT2D eigenvalue weighted by Gasteiger charge is -1.97. The zero-order valence-corrected chi connectivity index (χ0v) is 7.23. The Bertz CT molecular complexity index is 367. The maximum atomic E-state index is 11.6. The topological polar surface area (TPSA) is 57.0 Å². The molecule has 5 heteroatoms. The minimum Gasteiger partial charge on any atom is -0.489 e. The van der Waals surface area contributed by atoms with E-state index in [1.807, 2.05) is 0 Å². The highest BCUT2D eigenvalue weighted by Gasteiger charge is 2.19. The van der Waals surface area contributed by atoms with Gasteiger partial charge in [-0.05, 0) is 6.08 Å². The molecule has 0 aliphatic carbocycles. The fraction of sp³-hybridized carbons (Fsp3) is 0.375. The molecule has 1 aliphatic rings. The van der Waals surface area contributed by atoms with Crippen molar-refractivity contribution in [1.29, 1.82) is 0 Å². The molecule has 0 aromatic carbocycles. The maximum absolute atomic E-state index is 11.6. The number of nitrogens with zero attached hydrogens (tertiary/aromatic N) is 3. The summed E-state index contributed by atoms with van der Waals surface area (Å²) in [7, 11) is 1.67. The zero-order valence-electron chi connectivity index (χ0n) is 7.23. The normalized spacial score (nSPS) is 15.3. The predicted molar refractivity (Wildman–Crippen MR) is 44.0 cm³/mol. The minimum atomic E-state index is -0.189. The molecular formula is C8H9N3O2. The number of ether oxygens (including phenoxy) is 1. The van der Waals surface area contributed by atoms with Gasteiger partial charge >= 0.3 is 0 Å². The van der Waals surface area contributed by atoms with Gasteiger partial charge in [-0.25, -0.2) is 0 Å². The molecule has 2 rings (SSSR count). The van der Waals surface area contributed by atoms with Crippen molar-refractivity contribution in [2.45, 2.75) is 6.42 Å². The molecule has 0 amide bonds. The summed E-state index contributed by atoms with van der Waals surface area (Å²) in [5.74, 6) is 0.200. The van der Waals surface area contributed by atoms with Crippen LogP contribution < -0.4 is 0 Å². The second-order valence-corrected chi connectivity index (χ2v) is 2.75. The first-order chi connectivity index (χ1) is 6.27. The van der Waals surface area contributed by atoms with Gasteiger partial charge in [-0.15, -0.1) is 5.10 Å². The van der Waals surface area contributed by atoms with Crippen molar-refractivity contribution in [2.24, 2.45) is 7.05 Å². The minimum absolute atomic E-state index is 0.189. The predicted octanol–water partition coefficient (Wildman–Crippen LogP) is 0.302. The van der Waals surface area contributed by atoms with Gasteiger partial charge in [0.1, 0.15) is 0 Å². The van der Waals surface area contributed by atoms with Crippen LogP contribution in [0.4, 0.5) is 0 Å². The first kappa shape index (κ1) is 7.97. The molecule has 1 aromatic heterocycles. The lowest BCUT2D eigenvalue weighted by Crippen LogP contribution is -2.05. The molecule has 0 N–H and O–H groups in total. The molecule has 0 atom stereocenters. The van der Waals surface area contributed by atoms with Crippen LogP contribution in [0.2, 0.25) is 0 Å². The highest BCUT2D eigenvalue weighted by atomic mass is 16.5. The summed E-state index contributed by atoms with van der Waals surface area (Å²) < 4.78 is 5.11. The van der Waals surface area contributed by atoms with E-state index in [4.69, 9.17) is 4.74 Å². The fourth-order valence-electron chi connectivity index (χ4n) is 1.15. The van der Waals surface area contributed by atoms with Crippen LogP contribution in [-0.2, 0) is 11.8 Å². The number of allylic oxidation sites excluding steroid dienone is 1. The van der Waals surface area contributed by atoms with Gasteiger partial charge in [-0.2, -0.15) is 9.90 Å². The van der Waals surface area contributed by atoms with Crippen molar-refractivity contribution in [3.63, 3.8) is 0 Å². The average molecular weight is 179 g/mol. The highest BCUT2D eigenvalue weighted by Crippen LogP contribution is 2.13. The number of aromatic nitrogens is 3. The summed E-state index contributed by atoms with van der Waals surface area (Å²) >= 11 is 0. The van der Waals surface area contributed by atoms with Gasteiger partial charge in [0.2, 0.25) is 5.78 Å². The van der Waals surface area contributed by atoms with Crippen molar-refractivity contribution in [3.05, 3.63) is 23.7 Å². The summed E-state index contributed by atoms with van der Waals surface area (Å²) in [6, 6.07) is 0. The summed E-state index contributed by atoms with van der Waals surface area (Å²) in [6.45, 7) is 0.585. The highest BCUT2D eigenvalue weighted by molar-refractivity contribution is 6.05. The number of carbonyl (C=O) groups excluding carboxylic acids is 1. The molecule has 0 saturated carbocycles. The van der Waals surface area contributed by atoms with Crippen molar-refractivity contribution < 1.29 is 9.53 Å². The van der Waals surface area contributed by atoms with E-state index >= 15 is 0 Å². The van der Waals surface area contributed by atoms with Gasteiger partial charge < -0.3 is 4.74 Å². The molecule has 0 spiro atoms. The summed E-state index contributed by atoms with van der Waals surface area (Å²) in [4.78, 5) is 12.9. The Kier molecular flexibility index (Phi) is 1.84. The molecule has 1 aromatic rings. The smallest absolute Gasteiger partial charge is 0.249 e. The van der Waals surface area contributed by atoms with Crippen LogP contribution in [0.1, 0.15) is 16.9 Å². The second kappa shape index (κ2) is 3.01. The van der Waals surface area contributed by atoms with Gasteiger partial charge in [0, 0.05) is 13.5 Å². The molecule has 0 unspecified atom stereocenters. The van der Waals surface area contributed by atoms with E-state index in [2.05, 4.69) is 10.2 Å². The third-order valence-electron chi connectivity index (χ3n) is 1.76. The Balaban J connectivity index is 2.22. The fourth-order valence-corrected chi connectivity index (χ4v) is 1.15. The second-order valence-electron chi connectivity index (χ2n) is 2.75. The number of hydrogen-bond acceptors (Lipinski definition) is 4. The van der Waals surface area contributed by atoms with E-state index < -0.39 is 0 Å². The van der Waals surface area contributed by atoms with Gasteiger partial charge in [-0.1, -0.05) is 0 Å². The van der Waals surface area contributed by atoms with E-state index in [1.54, 1.807) is 13.1 Å². The average Bonchev–Trinajstić information content (AvgIpc) is 2.72. The van der Waals surface area contributed by atoms with Gasteiger partial charge in [0.05, 0.1) is 12.8 Å². The van der Waals surface area contributed by atoms with E-state index in [1.165, 1.54) is 11.0 Å². The number of Topliss-reactive ketones (excluding diaryl/α,β-unsaturated/α-hetero) is 1.